The fourth-order valence-corrected chi connectivity index (χ4v) is 2.72. The molecule has 0 bridgehead atoms. The van der Waals surface area contributed by atoms with Crippen LogP contribution in [0.2, 0.25) is 0 Å². The van der Waals surface area contributed by atoms with Gasteiger partial charge in [0.1, 0.15) is 0 Å². The lowest BCUT2D eigenvalue weighted by molar-refractivity contribution is 0.0760. The molecule has 0 aliphatic carbocycles. The van der Waals surface area contributed by atoms with Crippen LogP contribution in [0.25, 0.3) is 11.0 Å². The van der Waals surface area contributed by atoms with E-state index >= 15 is 0 Å². The summed E-state index contributed by atoms with van der Waals surface area (Å²) in [7, 11) is 0. The summed E-state index contributed by atoms with van der Waals surface area (Å²) in [4.78, 5) is 21.7. The van der Waals surface area contributed by atoms with Crippen molar-refractivity contribution in [2.24, 2.45) is 5.92 Å². The number of fused-ring (bicyclic) bond motifs is 1. The second-order valence-corrected chi connectivity index (χ2v) is 5.46. The van der Waals surface area contributed by atoms with E-state index in [-0.39, 0.29) is 5.91 Å². The number of likely N-dealkylation sites (tertiary alicyclic amines) is 1. The summed E-state index contributed by atoms with van der Waals surface area (Å²) in [5.74, 6) is 0.874. The predicted molar refractivity (Wildman–Crippen MR) is 75.0 cm³/mol. The highest BCUT2D eigenvalue weighted by Crippen LogP contribution is 2.19. The van der Waals surface area contributed by atoms with Gasteiger partial charge in [0, 0.05) is 18.7 Å². The Balaban J connectivity index is 1.82. The van der Waals surface area contributed by atoms with Crippen LogP contribution >= 0.6 is 0 Å². The molecule has 1 fully saturated rings. The summed E-state index contributed by atoms with van der Waals surface area (Å²) < 4.78 is 0. The van der Waals surface area contributed by atoms with Crippen molar-refractivity contribution in [1.29, 1.82) is 0 Å². The summed E-state index contributed by atoms with van der Waals surface area (Å²) in [5.41, 5.74) is 2.58. The molecule has 2 heterocycles. The number of carbonyl (C=O) groups is 1. The number of nitrogens with zero attached hydrogens (tertiary/aromatic N) is 2. The molecule has 1 unspecified atom stereocenters. The molecule has 0 saturated carbocycles. The van der Waals surface area contributed by atoms with Gasteiger partial charge >= 0.3 is 0 Å². The molecular weight excluding hydrogens is 238 g/mol. The molecule has 2 aromatic rings. The SMILES string of the molecule is CC1CCCN(C(=O)c2ccc3nc[nH]c3c2)CC1. The minimum Gasteiger partial charge on any atom is -0.345 e. The van der Waals surface area contributed by atoms with Gasteiger partial charge in [0.05, 0.1) is 17.4 Å². The number of aromatic nitrogens is 2. The number of benzene rings is 1. The van der Waals surface area contributed by atoms with Gasteiger partial charge in [-0.2, -0.15) is 0 Å². The number of nitrogens with one attached hydrogen (secondary N) is 1. The van der Waals surface area contributed by atoms with E-state index in [0.717, 1.165) is 48.4 Å². The molecule has 19 heavy (non-hydrogen) atoms. The second-order valence-electron chi connectivity index (χ2n) is 5.46. The van der Waals surface area contributed by atoms with Crippen molar-refractivity contribution in [2.75, 3.05) is 13.1 Å². The molecule has 1 aliphatic rings. The molecule has 3 rings (SSSR count). The molecule has 100 valence electrons. The van der Waals surface area contributed by atoms with Gasteiger partial charge in [0.25, 0.3) is 5.91 Å². The fourth-order valence-electron chi connectivity index (χ4n) is 2.72. The highest BCUT2D eigenvalue weighted by molar-refractivity contribution is 5.97. The number of hydrogen-bond donors (Lipinski definition) is 1. The number of imidazole rings is 1. The molecule has 1 N–H and O–H groups in total. The largest absolute Gasteiger partial charge is 0.345 e. The molecule has 1 aliphatic heterocycles. The van der Waals surface area contributed by atoms with E-state index in [0.29, 0.717) is 0 Å². The van der Waals surface area contributed by atoms with Gasteiger partial charge in [-0.3, -0.25) is 4.79 Å². The third kappa shape index (κ3) is 2.48. The van der Waals surface area contributed by atoms with Gasteiger partial charge in [-0.25, -0.2) is 4.98 Å². The van der Waals surface area contributed by atoms with Gasteiger partial charge < -0.3 is 9.88 Å². The van der Waals surface area contributed by atoms with E-state index in [1.807, 2.05) is 23.1 Å². The lowest BCUT2D eigenvalue weighted by atomic mass is 10.0. The molecule has 1 saturated heterocycles. The Morgan fingerprint density at radius 2 is 2.26 bits per heavy atom. The maximum Gasteiger partial charge on any atom is 0.253 e. The standard InChI is InChI=1S/C15H19N3O/c1-11-3-2-7-18(8-6-11)15(19)12-4-5-13-14(9-12)17-10-16-13/h4-5,9-11H,2-3,6-8H2,1H3,(H,16,17). The summed E-state index contributed by atoms with van der Waals surface area (Å²) in [5, 5.41) is 0. The summed E-state index contributed by atoms with van der Waals surface area (Å²) in [6, 6.07) is 5.68. The van der Waals surface area contributed by atoms with Crippen LogP contribution in [0.3, 0.4) is 0 Å². The zero-order valence-electron chi connectivity index (χ0n) is 11.2. The minimum absolute atomic E-state index is 0.144. The van der Waals surface area contributed by atoms with Crippen molar-refractivity contribution in [3.8, 4) is 0 Å². The topological polar surface area (TPSA) is 49.0 Å². The van der Waals surface area contributed by atoms with Crippen LogP contribution in [0.5, 0.6) is 0 Å². The first-order chi connectivity index (χ1) is 9.24. The van der Waals surface area contributed by atoms with Crippen molar-refractivity contribution < 1.29 is 4.79 Å². The Hall–Kier alpha value is -1.84. The Morgan fingerprint density at radius 1 is 1.37 bits per heavy atom. The fraction of sp³-hybridized carbons (Fsp3) is 0.467. The van der Waals surface area contributed by atoms with Crippen LogP contribution < -0.4 is 0 Å². The first kappa shape index (κ1) is 12.2. The van der Waals surface area contributed by atoms with Crippen molar-refractivity contribution in [3.05, 3.63) is 30.1 Å². The highest BCUT2D eigenvalue weighted by Gasteiger charge is 2.19. The zero-order chi connectivity index (χ0) is 13.2. The molecule has 4 heteroatoms. The van der Waals surface area contributed by atoms with Crippen LogP contribution in [0.15, 0.2) is 24.5 Å². The van der Waals surface area contributed by atoms with E-state index < -0.39 is 0 Å². The van der Waals surface area contributed by atoms with Crippen molar-refractivity contribution >= 4 is 16.9 Å². The van der Waals surface area contributed by atoms with Gasteiger partial charge in [-0.15, -0.1) is 0 Å². The number of aromatic amines is 1. The molecule has 0 radical (unpaired) electrons. The van der Waals surface area contributed by atoms with Gasteiger partial charge in [-0.1, -0.05) is 6.92 Å². The van der Waals surface area contributed by atoms with E-state index in [1.54, 1.807) is 6.33 Å². The lowest BCUT2D eigenvalue weighted by Gasteiger charge is -2.20. The van der Waals surface area contributed by atoms with Gasteiger partial charge in [0.2, 0.25) is 0 Å². The number of amides is 1. The third-order valence-electron chi connectivity index (χ3n) is 3.97. The quantitative estimate of drug-likeness (QED) is 0.854. The smallest absolute Gasteiger partial charge is 0.253 e. The summed E-state index contributed by atoms with van der Waals surface area (Å²) in [6.07, 6.45) is 5.10. The van der Waals surface area contributed by atoms with Crippen LogP contribution in [-0.2, 0) is 0 Å². The maximum absolute atomic E-state index is 12.5. The summed E-state index contributed by atoms with van der Waals surface area (Å²) >= 11 is 0. The van der Waals surface area contributed by atoms with E-state index in [4.69, 9.17) is 0 Å². The Kier molecular flexibility index (Phi) is 3.23. The van der Waals surface area contributed by atoms with Gasteiger partial charge in [-0.05, 0) is 43.4 Å². The molecule has 4 nitrogen and oxygen atoms in total. The Bertz CT molecular complexity index is 590. The van der Waals surface area contributed by atoms with Crippen molar-refractivity contribution in [2.45, 2.75) is 26.2 Å². The Morgan fingerprint density at radius 3 is 3.16 bits per heavy atom. The van der Waals surface area contributed by atoms with Crippen LogP contribution in [0.4, 0.5) is 0 Å². The number of H-pyrrole nitrogens is 1. The molecule has 1 aromatic carbocycles. The first-order valence-electron chi connectivity index (χ1n) is 6.96. The first-order valence-corrected chi connectivity index (χ1v) is 6.96. The normalized spacial score (nSPS) is 20.5. The summed E-state index contributed by atoms with van der Waals surface area (Å²) in [6.45, 7) is 4.02. The highest BCUT2D eigenvalue weighted by atomic mass is 16.2. The monoisotopic (exact) mass is 257 g/mol. The predicted octanol–water partition coefficient (Wildman–Crippen LogP) is 2.83. The third-order valence-corrected chi connectivity index (χ3v) is 3.97. The van der Waals surface area contributed by atoms with Crippen molar-refractivity contribution in [1.82, 2.24) is 14.9 Å². The van der Waals surface area contributed by atoms with Crippen LogP contribution in [0, 0.1) is 5.92 Å². The van der Waals surface area contributed by atoms with Gasteiger partial charge in [0.15, 0.2) is 0 Å². The second kappa shape index (κ2) is 5.03. The number of hydrogen-bond acceptors (Lipinski definition) is 2. The lowest BCUT2D eigenvalue weighted by Crippen LogP contribution is -2.31. The molecule has 1 atom stereocenters. The van der Waals surface area contributed by atoms with Crippen molar-refractivity contribution in [3.63, 3.8) is 0 Å². The number of carbonyl (C=O) groups excluding carboxylic acids is 1. The Labute approximate surface area is 112 Å². The minimum atomic E-state index is 0.144. The molecule has 1 amide bonds. The van der Waals surface area contributed by atoms with E-state index in [1.165, 1.54) is 6.42 Å². The molecule has 0 spiro atoms. The van der Waals surface area contributed by atoms with Crippen LogP contribution in [-0.4, -0.2) is 33.9 Å². The van der Waals surface area contributed by atoms with Crippen LogP contribution in [0.1, 0.15) is 36.5 Å². The molecular formula is C15H19N3O. The molecule has 1 aromatic heterocycles. The number of rotatable bonds is 1. The van der Waals surface area contributed by atoms with E-state index in [9.17, 15) is 4.79 Å². The zero-order valence-corrected chi connectivity index (χ0v) is 11.2. The average molecular weight is 257 g/mol. The van der Waals surface area contributed by atoms with E-state index in [2.05, 4.69) is 16.9 Å². The maximum atomic E-state index is 12.5. The average Bonchev–Trinajstić information content (AvgIpc) is 2.78.